The monoisotopic (exact) mass is 229 g/mol. The summed E-state index contributed by atoms with van der Waals surface area (Å²) >= 11 is 5.21. The zero-order valence-corrected chi connectivity index (χ0v) is 8.72. The normalized spacial score (nSPS) is 9.20. The Hall–Kier alpha value is 0.253. The molecular formula is C7H7OSZr. The zero-order chi connectivity index (χ0) is 7.40. The Morgan fingerprint density at radius 2 is 1.90 bits per heavy atom. The molecule has 10 heavy (non-hydrogen) atoms. The average Bonchev–Trinajstić information content (AvgIpc) is 2.05. The maximum atomic E-state index is 5.08. The first-order valence-electron chi connectivity index (χ1n) is 2.90. The maximum absolute atomic E-state index is 5.08. The molecule has 0 unspecified atom stereocenters. The first-order valence-corrected chi connectivity index (χ1v) is 4.54. The zero-order valence-electron chi connectivity index (χ0n) is 5.37. The molecular weight excluding hydrogens is 223 g/mol. The Bertz CT molecular complexity index is 174. The van der Waals surface area contributed by atoms with Crippen molar-refractivity contribution in [1.29, 1.82) is 0 Å². The van der Waals surface area contributed by atoms with Crippen LogP contribution in [0.3, 0.4) is 0 Å². The summed E-state index contributed by atoms with van der Waals surface area (Å²) in [6.07, 6.45) is 0. The molecule has 0 aliphatic carbocycles. The fourth-order valence-corrected chi connectivity index (χ4v) is 1.21. The van der Waals surface area contributed by atoms with Crippen molar-refractivity contribution in [2.45, 2.75) is 5.75 Å². The summed E-state index contributed by atoms with van der Waals surface area (Å²) in [4.78, 5) is 0. The number of hydrogen-bond donors (Lipinski definition) is 1. The second kappa shape index (κ2) is 4.20. The third-order valence-electron chi connectivity index (χ3n) is 1.22. The van der Waals surface area contributed by atoms with Crippen molar-refractivity contribution in [1.82, 2.24) is 0 Å². The number of rotatable bonds is 2. The van der Waals surface area contributed by atoms with Gasteiger partial charge in [-0.3, -0.25) is 0 Å². The number of benzene rings is 1. The Labute approximate surface area is 81.7 Å². The first kappa shape index (κ1) is 8.35. The molecule has 1 nitrogen and oxygen atoms in total. The molecule has 0 spiro atoms. The second-order valence-electron chi connectivity index (χ2n) is 1.90. The van der Waals surface area contributed by atoms with Gasteiger partial charge in [0.25, 0.3) is 0 Å². The van der Waals surface area contributed by atoms with E-state index >= 15 is 0 Å². The molecule has 0 amide bonds. The third-order valence-corrected chi connectivity index (χ3v) is 2.17. The molecule has 3 heteroatoms. The summed E-state index contributed by atoms with van der Waals surface area (Å²) in [5, 5.41) is 0. The summed E-state index contributed by atoms with van der Waals surface area (Å²) in [5.74, 6) is 1.72. The molecule has 0 aromatic heterocycles. The van der Waals surface area contributed by atoms with Crippen LogP contribution in [0.15, 0.2) is 24.3 Å². The molecule has 1 aromatic carbocycles. The van der Waals surface area contributed by atoms with Crippen LogP contribution in [0.5, 0.6) is 5.75 Å². The SMILES string of the molecule is SCc1ccc([O][Zr])cc1. The van der Waals surface area contributed by atoms with Crippen molar-refractivity contribution in [2.75, 3.05) is 0 Å². The molecule has 0 aliphatic heterocycles. The molecule has 1 aromatic rings. The van der Waals surface area contributed by atoms with Gasteiger partial charge in [-0.05, 0) is 0 Å². The fraction of sp³-hybridized carbons (Fsp3) is 0.143. The van der Waals surface area contributed by atoms with E-state index < -0.39 is 0 Å². The number of thiol groups is 1. The number of hydrogen-bond acceptors (Lipinski definition) is 2. The van der Waals surface area contributed by atoms with E-state index in [1.54, 1.807) is 0 Å². The van der Waals surface area contributed by atoms with Gasteiger partial charge in [0.05, 0.1) is 0 Å². The van der Waals surface area contributed by atoms with Crippen molar-refractivity contribution >= 4 is 12.6 Å². The molecule has 51 valence electrons. The van der Waals surface area contributed by atoms with E-state index in [4.69, 9.17) is 2.81 Å². The quantitative estimate of drug-likeness (QED) is 0.764. The molecule has 0 bridgehead atoms. The van der Waals surface area contributed by atoms with Crippen LogP contribution in [0.25, 0.3) is 0 Å². The van der Waals surface area contributed by atoms with E-state index in [1.807, 2.05) is 24.3 Å². The van der Waals surface area contributed by atoms with Crippen LogP contribution < -0.4 is 2.81 Å². The van der Waals surface area contributed by atoms with Crippen LogP contribution in [-0.4, -0.2) is 0 Å². The van der Waals surface area contributed by atoms with Crippen molar-refractivity contribution in [3.63, 3.8) is 0 Å². The van der Waals surface area contributed by atoms with E-state index in [0.717, 1.165) is 36.7 Å². The first-order chi connectivity index (χ1) is 4.86. The summed E-state index contributed by atoms with van der Waals surface area (Å²) in [7, 11) is 0. The van der Waals surface area contributed by atoms with Crippen LogP contribution in [-0.2, 0) is 30.9 Å². The van der Waals surface area contributed by atoms with Gasteiger partial charge in [-0.15, -0.1) is 0 Å². The Kier molecular flexibility index (Phi) is 3.51. The molecule has 0 radical (unpaired) electrons. The Balaban J connectivity index is 2.80. The molecule has 1 rings (SSSR count). The summed E-state index contributed by atoms with van der Waals surface area (Å²) in [6, 6.07) is 7.96. The van der Waals surface area contributed by atoms with E-state index in [2.05, 4.69) is 12.6 Å². The van der Waals surface area contributed by atoms with Crippen molar-refractivity contribution in [2.24, 2.45) is 0 Å². The van der Waals surface area contributed by atoms with Crippen LogP contribution in [0.1, 0.15) is 5.56 Å². The van der Waals surface area contributed by atoms with Gasteiger partial charge < -0.3 is 0 Å². The van der Waals surface area contributed by atoms with Crippen LogP contribution in [0.4, 0.5) is 0 Å². The topological polar surface area (TPSA) is 9.23 Å². The van der Waals surface area contributed by atoms with Crippen LogP contribution in [0, 0.1) is 0 Å². The van der Waals surface area contributed by atoms with Gasteiger partial charge in [-0.1, -0.05) is 0 Å². The van der Waals surface area contributed by atoms with Gasteiger partial charge in [-0.25, -0.2) is 0 Å². The standard InChI is InChI=1S/C7H8OS.Zr/c8-7-3-1-6(5-9)2-4-7;/h1-4,8-9H,5H2;/q;+1/p-1. The van der Waals surface area contributed by atoms with Crippen LogP contribution in [0.2, 0.25) is 0 Å². The third kappa shape index (κ3) is 2.14. The predicted molar refractivity (Wildman–Crippen MR) is 39.8 cm³/mol. The molecule has 0 fully saturated rings. The molecule has 0 atom stereocenters. The molecule has 0 heterocycles. The van der Waals surface area contributed by atoms with E-state index in [-0.39, 0.29) is 0 Å². The Morgan fingerprint density at radius 3 is 2.30 bits per heavy atom. The fourth-order valence-electron chi connectivity index (χ4n) is 0.663. The van der Waals surface area contributed by atoms with Gasteiger partial charge >= 0.3 is 81.9 Å². The summed E-state index contributed by atoms with van der Waals surface area (Å²) in [5.41, 5.74) is 1.22. The summed E-state index contributed by atoms with van der Waals surface area (Å²) in [6.45, 7) is 0. The van der Waals surface area contributed by atoms with E-state index in [9.17, 15) is 0 Å². The average molecular weight is 230 g/mol. The molecule has 0 N–H and O–H groups in total. The van der Waals surface area contributed by atoms with Crippen LogP contribution >= 0.6 is 12.6 Å². The van der Waals surface area contributed by atoms with Crippen molar-refractivity contribution in [3.05, 3.63) is 29.8 Å². The van der Waals surface area contributed by atoms with Gasteiger partial charge in [-0.2, -0.15) is 0 Å². The Morgan fingerprint density at radius 1 is 1.30 bits per heavy atom. The second-order valence-corrected chi connectivity index (χ2v) is 2.72. The summed E-state index contributed by atoms with van der Waals surface area (Å²) < 4.78 is 5.08. The molecule has 0 saturated heterocycles. The van der Waals surface area contributed by atoms with Gasteiger partial charge in [0.15, 0.2) is 0 Å². The van der Waals surface area contributed by atoms with Gasteiger partial charge in [0, 0.05) is 0 Å². The minimum absolute atomic E-state index is 0.789. The van der Waals surface area contributed by atoms with Crippen molar-refractivity contribution < 1.29 is 28.0 Å². The van der Waals surface area contributed by atoms with Gasteiger partial charge in [0.2, 0.25) is 0 Å². The van der Waals surface area contributed by atoms with E-state index in [1.165, 1.54) is 5.56 Å². The molecule has 0 saturated carbocycles. The molecule has 0 aliphatic rings. The van der Waals surface area contributed by atoms with E-state index in [0.29, 0.717) is 0 Å². The van der Waals surface area contributed by atoms with Crippen molar-refractivity contribution in [3.8, 4) is 5.75 Å². The predicted octanol–water partition coefficient (Wildman–Crippen LogP) is 1.96. The minimum atomic E-state index is 0.789. The van der Waals surface area contributed by atoms with Gasteiger partial charge in [0.1, 0.15) is 0 Å².